The topological polar surface area (TPSA) is 87.2 Å². The van der Waals surface area contributed by atoms with Crippen molar-refractivity contribution < 1.29 is 19.1 Å². The lowest BCUT2D eigenvalue weighted by atomic mass is 9.89. The number of urea groups is 1. The van der Waals surface area contributed by atoms with Gasteiger partial charge in [0.25, 0.3) is 5.91 Å². The number of amides is 3. The molecule has 0 radical (unpaired) electrons. The number of aromatic nitrogens is 1. The standard InChI is InChI=1S/C28H29N5O4/c1-28-18-22(21-9-6-10-23(36-2)25(21)37-28)30-27(35)33(28)20-8-5-7-19(17-20)26(34)32-15-13-31(14-16-32)24-11-3-4-12-29-24/h3-12,17,22H,13-16,18H2,1-2H3,(H,30,35)/t22-,28+/m1/s1. The summed E-state index contributed by atoms with van der Waals surface area (Å²) in [5, 5.41) is 3.11. The number of rotatable bonds is 4. The predicted molar refractivity (Wildman–Crippen MR) is 139 cm³/mol. The van der Waals surface area contributed by atoms with Crippen LogP contribution in [0.5, 0.6) is 11.5 Å². The van der Waals surface area contributed by atoms with Crippen LogP contribution in [-0.2, 0) is 0 Å². The quantitative estimate of drug-likeness (QED) is 0.587. The lowest BCUT2D eigenvalue weighted by Crippen LogP contribution is -2.65. The molecule has 1 N–H and O–H groups in total. The van der Waals surface area contributed by atoms with Crippen LogP contribution in [0.15, 0.2) is 66.9 Å². The van der Waals surface area contributed by atoms with E-state index < -0.39 is 5.72 Å². The lowest BCUT2D eigenvalue weighted by Gasteiger charge is -2.50. The third-order valence-corrected chi connectivity index (χ3v) is 7.37. The van der Waals surface area contributed by atoms with Crippen LogP contribution in [0, 0.1) is 0 Å². The fourth-order valence-electron chi connectivity index (χ4n) is 5.55. The smallest absolute Gasteiger partial charge is 0.325 e. The van der Waals surface area contributed by atoms with Gasteiger partial charge in [-0.2, -0.15) is 0 Å². The fraction of sp³-hybridized carbons (Fsp3) is 0.321. The van der Waals surface area contributed by atoms with E-state index in [0.29, 0.717) is 55.3 Å². The molecule has 2 saturated heterocycles. The first-order valence-corrected chi connectivity index (χ1v) is 12.5. The highest BCUT2D eigenvalue weighted by atomic mass is 16.5. The minimum absolute atomic E-state index is 0.0560. The summed E-state index contributed by atoms with van der Waals surface area (Å²) in [4.78, 5) is 36.8. The summed E-state index contributed by atoms with van der Waals surface area (Å²) < 4.78 is 12.0. The molecule has 6 rings (SSSR count). The number of fused-ring (bicyclic) bond motifs is 4. The molecule has 3 amide bonds. The van der Waals surface area contributed by atoms with Crippen molar-refractivity contribution in [2.24, 2.45) is 0 Å². The van der Waals surface area contributed by atoms with E-state index in [9.17, 15) is 9.59 Å². The number of para-hydroxylation sites is 1. The van der Waals surface area contributed by atoms with Gasteiger partial charge in [0, 0.05) is 49.9 Å². The van der Waals surface area contributed by atoms with E-state index in [1.54, 1.807) is 30.3 Å². The highest BCUT2D eigenvalue weighted by Gasteiger charge is 2.50. The van der Waals surface area contributed by atoms with Gasteiger partial charge in [-0.1, -0.05) is 24.3 Å². The molecule has 9 nitrogen and oxygen atoms in total. The van der Waals surface area contributed by atoms with Crippen LogP contribution < -0.4 is 24.6 Å². The fourth-order valence-corrected chi connectivity index (χ4v) is 5.55. The van der Waals surface area contributed by atoms with E-state index in [1.165, 1.54) is 0 Å². The molecule has 0 saturated carbocycles. The molecule has 3 aliphatic heterocycles. The van der Waals surface area contributed by atoms with E-state index in [-0.39, 0.29) is 18.0 Å². The Morgan fingerprint density at radius 3 is 2.65 bits per heavy atom. The molecular formula is C28H29N5O4. The van der Waals surface area contributed by atoms with Crippen LogP contribution in [0.25, 0.3) is 0 Å². The van der Waals surface area contributed by atoms with E-state index in [2.05, 4.69) is 15.2 Å². The zero-order chi connectivity index (χ0) is 25.6. The Hall–Kier alpha value is -4.27. The molecule has 9 heteroatoms. The van der Waals surface area contributed by atoms with Crippen molar-refractivity contribution >= 4 is 23.4 Å². The summed E-state index contributed by atoms with van der Waals surface area (Å²) in [6.07, 6.45) is 2.34. The van der Waals surface area contributed by atoms with Crippen molar-refractivity contribution in [2.75, 3.05) is 43.1 Å². The second kappa shape index (κ2) is 8.99. The second-order valence-electron chi connectivity index (χ2n) is 9.71. The molecule has 0 unspecified atom stereocenters. The van der Waals surface area contributed by atoms with Crippen LogP contribution in [-0.4, -0.2) is 60.8 Å². The SMILES string of the molecule is COc1cccc2c1O[C@@]1(C)C[C@H]2NC(=O)N1c1cccc(C(=O)N2CCN(c3ccccn3)CC2)c1. The Morgan fingerprint density at radius 2 is 1.89 bits per heavy atom. The molecular weight excluding hydrogens is 470 g/mol. The average Bonchev–Trinajstić information content (AvgIpc) is 2.92. The van der Waals surface area contributed by atoms with Crippen molar-refractivity contribution in [3.05, 3.63) is 78.0 Å². The summed E-state index contributed by atoms with van der Waals surface area (Å²) in [6, 6.07) is 18.3. The summed E-state index contributed by atoms with van der Waals surface area (Å²) in [6.45, 7) is 4.53. The number of ether oxygens (including phenoxy) is 2. The number of nitrogens with zero attached hydrogens (tertiary/aromatic N) is 4. The van der Waals surface area contributed by atoms with Crippen molar-refractivity contribution in [3.63, 3.8) is 0 Å². The molecule has 2 bridgehead atoms. The number of carbonyl (C=O) groups is 2. The van der Waals surface area contributed by atoms with Gasteiger partial charge in [-0.25, -0.2) is 9.78 Å². The first-order chi connectivity index (χ1) is 18.0. The summed E-state index contributed by atoms with van der Waals surface area (Å²) in [5.41, 5.74) is 1.11. The largest absolute Gasteiger partial charge is 0.493 e. The maximum atomic E-state index is 13.4. The number of hydrogen-bond donors (Lipinski definition) is 1. The predicted octanol–water partition coefficient (Wildman–Crippen LogP) is 3.82. The molecule has 3 aromatic rings. The van der Waals surface area contributed by atoms with E-state index in [0.717, 1.165) is 11.4 Å². The molecule has 4 heterocycles. The highest BCUT2D eigenvalue weighted by molar-refractivity contribution is 5.99. The van der Waals surface area contributed by atoms with Crippen LogP contribution in [0.2, 0.25) is 0 Å². The van der Waals surface area contributed by atoms with Crippen LogP contribution in [0.1, 0.15) is 35.3 Å². The maximum Gasteiger partial charge on any atom is 0.325 e. The highest BCUT2D eigenvalue weighted by Crippen LogP contribution is 2.49. The zero-order valence-corrected chi connectivity index (χ0v) is 20.9. The minimum Gasteiger partial charge on any atom is -0.493 e. The summed E-state index contributed by atoms with van der Waals surface area (Å²) in [5.74, 6) is 2.12. The number of anilines is 2. The van der Waals surface area contributed by atoms with Crippen molar-refractivity contribution in [1.82, 2.24) is 15.2 Å². The normalized spacial score (nSPS) is 22.6. The number of benzene rings is 2. The van der Waals surface area contributed by atoms with Gasteiger partial charge in [-0.3, -0.25) is 9.69 Å². The maximum absolute atomic E-state index is 13.4. The van der Waals surface area contributed by atoms with Crippen molar-refractivity contribution in [1.29, 1.82) is 0 Å². The monoisotopic (exact) mass is 499 g/mol. The molecule has 1 aromatic heterocycles. The first kappa shape index (κ1) is 23.1. The lowest BCUT2D eigenvalue weighted by molar-refractivity contribution is 0.0349. The average molecular weight is 500 g/mol. The summed E-state index contributed by atoms with van der Waals surface area (Å²) >= 11 is 0. The van der Waals surface area contributed by atoms with Gasteiger partial charge in [0.15, 0.2) is 17.2 Å². The molecule has 0 aliphatic carbocycles. The van der Waals surface area contributed by atoms with Gasteiger partial charge in [0.05, 0.1) is 18.8 Å². The number of methoxy groups -OCH3 is 1. The molecule has 2 aromatic carbocycles. The van der Waals surface area contributed by atoms with E-state index in [1.807, 2.05) is 60.4 Å². The van der Waals surface area contributed by atoms with Gasteiger partial charge in [0.2, 0.25) is 0 Å². The van der Waals surface area contributed by atoms with Crippen molar-refractivity contribution in [3.8, 4) is 11.5 Å². The Balaban J connectivity index is 1.23. The third-order valence-electron chi connectivity index (χ3n) is 7.37. The Labute approximate surface area is 215 Å². The number of carbonyl (C=O) groups excluding carboxylic acids is 2. The third kappa shape index (κ3) is 4.00. The second-order valence-corrected chi connectivity index (χ2v) is 9.71. The van der Waals surface area contributed by atoms with E-state index >= 15 is 0 Å². The molecule has 2 fully saturated rings. The van der Waals surface area contributed by atoms with Crippen LogP contribution >= 0.6 is 0 Å². The molecule has 2 atom stereocenters. The molecule has 0 spiro atoms. The number of piperazine rings is 1. The Bertz CT molecular complexity index is 1340. The van der Waals surface area contributed by atoms with Gasteiger partial charge in [-0.05, 0) is 43.3 Å². The number of nitrogens with one attached hydrogen (secondary N) is 1. The number of hydrogen-bond acceptors (Lipinski definition) is 6. The molecule has 190 valence electrons. The Kier molecular flexibility index (Phi) is 5.62. The Morgan fingerprint density at radius 1 is 1.08 bits per heavy atom. The van der Waals surface area contributed by atoms with Gasteiger partial charge in [0.1, 0.15) is 5.82 Å². The van der Waals surface area contributed by atoms with Crippen molar-refractivity contribution in [2.45, 2.75) is 25.1 Å². The van der Waals surface area contributed by atoms with Crippen LogP contribution in [0.4, 0.5) is 16.3 Å². The van der Waals surface area contributed by atoms with E-state index in [4.69, 9.17) is 9.47 Å². The zero-order valence-electron chi connectivity index (χ0n) is 20.9. The molecule has 37 heavy (non-hydrogen) atoms. The molecule has 3 aliphatic rings. The van der Waals surface area contributed by atoms with Gasteiger partial charge < -0.3 is 24.6 Å². The summed E-state index contributed by atoms with van der Waals surface area (Å²) in [7, 11) is 1.60. The number of pyridine rings is 1. The van der Waals surface area contributed by atoms with Crippen LogP contribution in [0.3, 0.4) is 0 Å². The minimum atomic E-state index is -0.940. The van der Waals surface area contributed by atoms with Gasteiger partial charge in [-0.15, -0.1) is 0 Å². The first-order valence-electron chi connectivity index (χ1n) is 12.5. The van der Waals surface area contributed by atoms with Gasteiger partial charge >= 0.3 is 6.03 Å².